The summed E-state index contributed by atoms with van der Waals surface area (Å²) in [6.07, 6.45) is -1.06. The number of amides is 1. The maximum Gasteiger partial charge on any atom is 0.519 e. The van der Waals surface area contributed by atoms with E-state index in [4.69, 9.17) is 4.74 Å². The Morgan fingerprint density at radius 1 is 1.15 bits per heavy atom. The monoisotopic (exact) mass is 407 g/mol. The highest BCUT2D eigenvalue weighted by molar-refractivity contribution is 8.13. The minimum absolute atomic E-state index is 0.0469. The molecule has 0 aliphatic carbocycles. The largest absolute Gasteiger partial charge is 0.519 e. The van der Waals surface area contributed by atoms with Crippen molar-refractivity contribution in [3.8, 4) is 0 Å². The Morgan fingerprint density at radius 3 is 2.41 bits per heavy atom. The second-order valence-corrected chi connectivity index (χ2v) is 5.64. The molecule has 0 aromatic carbocycles. The van der Waals surface area contributed by atoms with Gasteiger partial charge >= 0.3 is 29.2 Å². The van der Waals surface area contributed by atoms with E-state index in [1.165, 1.54) is 6.92 Å². The molecule has 0 saturated carbocycles. The lowest BCUT2D eigenvalue weighted by molar-refractivity contribution is -0.149. The zero-order chi connectivity index (χ0) is 20.4. The van der Waals surface area contributed by atoms with Crippen LogP contribution in [0.4, 0.5) is 9.59 Å². The smallest absolute Gasteiger partial charge is 0.467 e. The fourth-order valence-electron chi connectivity index (χ4n) is 1.48. The van der Waals surface area contributed by atoms with Gasteiger partial charge in [-0.3, -0.25) is 4.79 Å². The van der Waals surface area contributed by atoms with Gasteiger partial charge in [0.1, 0.15) is 6.04 Å². The van der Waals surface area contributed by atoms with Crippen molar-refractivity contribution in [2.45, 2.75) is 26.5 Å². The second kappa shape index (κ2) is 10.9. The minimum atomic E-state index is -1.23. The predicted octanol–water partition coefficient (Wildman–Crippen LogP) is 0.699. The molecule has 0 saturated heterocycles. The zero-order valence-electron chi connectivity index (χ0n) is 14.6. The van der Waals surface area contributed by atoms with Gasteiger partial charge in [-0.15, -0.1) is 0 Å². The Hall–Kier alpha value is -2.96. The van der Waals surface area contributed by atoms with Gasteiger partial charge in [-0.25, -0.2) is 19.2 Å². The number of carbonyl (C=O) groups excluding carboxylic acids is 4. The number of carbonyl (C=O) groups is 4. The van der Waals surface area contributed by atoms with Crippen molar-refractivity contribution in [1.82, 2.24) is 5.32 Å². The molecule has 1 aromatic heterocycles. The first-order valence-electron chi connectivity index (χ1n) is 7.26. The highest BCUT2D eigenvalue weighted by Gasteiger charge is 2.24. The van der Waals surface area contributed by atoms with Crippen molar-refractivity contribution in [3.63, 3.8) is 0 Å². The summed E-state index contributed by atoms with van der Waals surface area (Å²) in [5, 5.41) is 1.35. The number of thioether (sulfide) groups is 1. The van der Waals surface area contributed by atoms with Crippen molar-refractivity contribution in [2.24, 2.45) is 0 Å². The van der Waals surface area contributed by atoms with E-state index in [1.54, 1.807) is 0 Å². The van der Waals surface area contributed by atoms with Crippen molar-refractivity contribution in [3.05, 3.63) is 22.1 Å². The highest BCUT2D eigenvalue weighted by Crippen LogP contribution is 2.13. The van der Waals surface area contributed by atoms with Crippen LogP contribution < -0.4 is 11.1 Å². The molecular formula is C14H17NO11S. The number of rotatable bonds is 8. The summed E-state index contributed by atoms with van der Waals surface area (Å²) in [7, 11) is 1.09. The molecule has 12 nitrogen and oxygen atoms in total. The molecule has 13 heteroatoms. The van der Waals surface area contributed by atoms with E-state index >= 15 is 0 Å². The molecule has 0 unspecified atom stereocenters. The van der Waals surface area contributed by atoms with Gasteiger partial charge in [0.15, 0.2) is 18.1 Å². The number of hydrogen-bond donors (Lipinski definition) is 1. The average Bonchev–Trinajstić information content (AvgIpc) is 2.93. The third-order valence-electron chi connectivity index (χ3n) is 2.75. The van der Waals surface area contributed by atoms with Crippen molar-refractivity contribution in [1.29, 1.82) is 0 Å². The van der Waals surface area contributed by atoms with Crippen LogP contribution in [0.15, 0.2) is 13.6 Å². The average molecular weight is 407 g/mol. The van der Waals surface area contributed by atoms with Gasteiger partial charge < -0.3 is 33.1 Å². The fraction of sp³-hybridized carbons (Fsp3) is 0.500. The molecule has 27 heavy (non-hydrogen) atoms. The Kier molecular flexibility index (Phi) is 8.92. The molecule has 1 atom stereocenters. The van der Waals surface area contributed by atoms with Crippen LogP contribution >= 0.6 is 11.8 Å². The van der Waals surface area contributed by atoms with Crippen LogP contribution in [0.1, 0.15) is 18.4 Å². The van der Waals surface area contributed by atoms with Gasteiger partial charge in [0, 0.05) is 12.7 Å². The molecule has 0 aliphatic heterocycles. The van der Waals surface area contributed by atoms with Crippen LogP contribution in [0.25, 0.3) is 0 Å². The normalized spacial score (nSPS) is 11.2. The van der Waals surface area contributed by atoms with Crippen LogP contribution in [0, 0.1) is 6.92 Å². The Labute approximate surface area is 156 Å². The predicted molar refractivity (Wildman–Crippen MR) is 86.7 cm³/mol. The first-order chi connectivity index (χ1) is 12.7. The second-order valence-electron chi connectivity index (χ2n) is 4.69. The van der Waals surface area contributed by atoms with Crippen molar-refractivity contribution < 1.29 is 47.0 Å². The third-order valence-corrected chi connectivity index (χ3v) is 3.61. The molecule has 0 aliphatic rings. The van der Waals surface area contributed by atoms with Crippen LogP contribution in [-0.2, 0) is 35.1 Å². The van der Waals surface area contributed by atoms with E-state index in [0.717, 1.165) is 14.0 Å². The Balaban J connectivity index is 2.46. The summed E-state index contributed by atoms with van der Waals surface area (Å²) < 4.78 is 27.6. The summed E-state index contributed by atoms with van der Waals surface area (Å²) in [5.41, 5.74) is 0. The quantitative estimate of drug-likeness (QED) is 0.365. The molecule has 1 aromatic rings. The molecule has 1 heterocycles. The molecule has 150 valence electrons. The minimum Gasteiger partial charge on any atom is -0.467 e. The van der Waals surface area contributed by atoms with Crippen molar-refractivity contribution in [2.75, 3.05) is 19.7 Å². The van der Waals surface area contributed by atoms with E-state index in [-0.39, 0.29) is 23.9 Å². The number of aryl methyl sites for hydroxylation is 1. The number of hydrogen-bond acceptors (Lipinski definition) is 12. The first-order valence-corrected chi connectivity index (χ1v) is 8.25. The molecule has 1 amide bonds. The maximum absolute atomic E-state index is 11.7. The summed E-state index contributed by atoms with van der Waals surface area (Å²) in [6, 6.07) is -1.23. The van der Waals surface area contributed by atoms with Crippen LogP contribution in [0.2, 0.25) is 0 Å². The van der Waals surface area contributed by atoms with Crippen LogP contribution in [-0.4, -0.2) is 49.0 Å². The molecule has 1 N–H and O–H groups in total. The van der Waals surface area contributed by atoms with E-state index in [0.29, 0.717) is 11.8 Å². The number of esters is 2. The molecule has 0 radical (unpaired) electrons. The van der Waals surface area contributed by atoms with E-state index < -0.39 is 42.0 Å². The lowest BCUT2D eigenvalue weighted by Gasteiger charge is -2.15. The number of methoxy groups -OCH3 is 1. The number of alkyl carbamates (subject to hydrolysis) is 1. The molecular weight excluding hydrogens is 390 g/mol. The molecule has 0 spiro atoms. The standard InChI is InChI=1S/C14H17NO11S/c1-7-10(26-13(19)25-7)4-22-14(20)27-5-9(11(17)21-3)15-12(18)24-6-23-8(2)16/h9H,4-6H2,1-3H3,(H,15,18)/t9-/m0/s1. The van der Waals surface area contributed by atoms with Gasteiger partial charge in [-0.2, -0.15) is 0 Å². The van der Waals surface area contributed by atoms with E-state index in [9.17, 15) is 24.0 Å². The summed E-state index contributed by atoms with van der Waals surface area (Å²) in [6.45, 7) is 1.60. The van der Waals surface area contributed by atoms with Gasteiger partial charge in [0.25, 0.3) is 0 Å². The van der Waals surface area contributed by atoms with Gasteiger partial charge in [-0.05, 0) is 18.7 Å². The number of ether oxygens (including phenoxy) is 4. The molecule has 0 fully saturated rings. The summed E-state index contributed by atoms with van der Waals surface area (Å²) >= 11 is 0.563. The Morgan fingerprint density at radius 2 is 1.85 bits per heavy atom. The third kappa shape index (κ3) is 8.31. The first kappa shape index (κ1) is 22.1. The van der Waals surface area contributed by atoms with Crippen LogP contribution in [0.3, 0.4) is 0 Å². The van der Waals surface area contributed by atoms with Gasteiger partial charge in [0.05, 0.1) is 7.11 Å². The lowest BCUT2D eigenvalue weighted by atomic mass is 10.3. The number of nitrogens with one attached hydrogen (secondary N) is 1. The SMILES string of the molecule is COC(=O)[C@H](CSC(=O)OCc1oc(=O)oc1C)NC(=O)OCOC(C)=O. The van der Waals surface area contributed by atoms with E-state index in [1.807, 2.05) is 0 Å². The van der Waals surface area contributed by atoms with E-state index in [2.05, 4.69) is 28.4 Å². The topological polar surface area (TPSA) is 161 Å². The van der Waals surface area contributed by atoms with Crippen LogP contribution in [0.5, 0.6) is 0 Å². The summed E-state index contributed by atoms with van der Waals surface area (Å²) in [4.78, 5) is 56.4. The highest BCUT2D eigenvalue weighted by atomic mass is 32.2. The lowest BCUT2D eigenvalue weighted by Crippen LogP contribution is -2.44. The van der Waals surface area contributed by atoms with Crippen molar-refractivity contribution >= 4 is 35.1 Å². The Bertz CT molecular complexity index is 738. The maximum atomic E-state index is 11.7. The fourth-order valence-corrected chi connectivity index (χ4v) is 2.15. The molecule has 0 bridgehead atoms. The van der Waals surface area contributed by atoms with Gasteiger partial charge in [0.2, 0.25) is 6.79 Å². The zero-order valence-corrected chi connectivity index (χ0v) is 15.4. The van der Waals surface area contributed by atoms with Gasteiger partial charge in [-0.1, -0.05) is 0 Å². The summed E-state index contributed by atoms with van der Waals surface area (Å²) in [5.74, 6) is -2.44. The molecule has 1 rings (SSSR count).